The summed E-state index contributed by atoms with van der Waals surface area (Å²) < 4.78 is 32.2. The van der Waals surface area contributed by atoms with Crippen molar-refractivity contribution in [1.29, 1.82) is 0 Å². The molecule has 0 fully saturated rings. The minimum atomic E-state index is -4.29. The number of aliphatic hydroxyl groups excluding tert-OH is 1. The van der Waals surface area contributed by atoms with E-state index in [0.717, 1.165) is 38.5 Å². The van der Waals surface area contributed by atoms with Crippen LogP contribution < -0.4 is 5.32 Å². The van der Waals surface area contributed by atoms with Crippen LogP contribution in [0.2, 0.25) is 0 Å². The third kappa shape index (κ3) is 30.6. The zero-order valence-corrected chi connectivity index (χ0v) is 28.0. The number of amides is 1. The van der Waals surface area contributed by atoms with Crippen molar-refractivity contribution >= 4 is 16.0 Å². The van der Waals surface area contributed by atoms with Crippen LogP contribution in [0.25, 0.3) is 0 Å². The first-order valence-electron chi connectivity index (χ1n) is 17.7. The molecule has 7 heteroatoms. The summed E-state index contributed by atoms with van der Waals surface area (Å²) in [6, 6.07) is -0.961. The van der Waals surface area contributed by atoms with Crippen molar-refractivity contribution in [3.05, 3.63) is 0 Å². The summed E-state index contributed by atoms with van der Waals surface area (Å²) in [4.78, 5) is 12.4. The average molecular weight is 604 g/mol. The molecule has 0 radical (unpaired) electrons. The Kier molecular flexibility index (Phi) is 28.9. The predicted octanol–water partition coefficient (Wildman–Crippen LogP) is 9.68. The Bertz CT molecular complexity index is 670. The highest BCUT2D eigenvalue weighted by Gasteiger charge is 2.26. The van der Waals surface area contributed by atoms with Crippen LogP contribution in [-0.4, -0.2) is 41.9 Å². The van der Waals surface area contributed by atoms with Gasteiger partial charge in [0.15, 0.2) is 0 Å². The van der Waals surface area contributed by atoms with Gasteiger partial charge in [-0.2, -0.15) is 8.42 Å². The van der Waals surface area contributed by atoms with Gasteiger partial charge in [-0.15, -0.1) is 0 Å². The zero-order chi connectivity index (χ0) is 30.4. The van der Waals surface area contributed by atoms with Gasteiger partial charge >= 0.3 is 0 Å². The van der Waals surface area contributed by atoms with E-state index in [0.29, 0.717) is 12.8 Å². The zero-order valence-electron chi connectivity index (χ0n) is 27.2. The molecule has 2 unspecified atom stereocenters. The van der Waals surface area contributed by atoms with Gasteiger partial charge in [-0.25, -0.2) is 0 Å². The van der Waals surface area contributed by atoms with E-state index >= 15 is 0 Å². The molecule has 0 rings (SSSR count). The number of nitrogens with one attached hydrogen (secondary N) is 1. The second-order valence-corrected chi connectivity index (χ2v) is 14.0. The number of rotatable bonds is 32. The fraction of sp³-hybridized carbons (Fsp3) is 0.971. The SMILES string of the molecule is CCCCCCCCCCCCCCCCCCCCC(=O)NC(CS(=O)(=O)O)C(O)CCCCCCCCCC. The van der Waals surface area contributed by atoms with Gasteiger partial charge in [-0.05, 0) is 12.8 Å². The molecule has 0 aromatic carbocycles. The molecule has 0 bridgehead atoms. The van der Waals surface area contributed by atoms with E-state index in [1.807, 2.05) is 0 Å². The van der Waals surface area contributed by atoms with Gasteiger partial charge in [-0.3, -0.25) is 9.35 Å². The average Bonchev–Trinajstić information content (AvgIpc) is 2.92. The Labute approximate surface area is 255 Å². The van der Waals surface area contributed by atoms with Gasteiger partial charge in [0.25, 0.3) is 10.1 Å². The van der Waals surface area contributed by atoms with E-state index in [4.69, 9.17) is 0 Å². The first-order chi connectivity index (χ1) is 19.8. The Balaban J connectivity index is 3.80. The van der Waals surface area contributed by atoms with E-state index < -0.39 is 28.0 Å². The summed E-state index contributed by atoms with van der Waals surface area (Å²) in [5, 5.41) is 13.2. The second kappa shape index (κ2) is 29.4. The van der Waals surface area contributed by atoms with Gasteiger partial charge in [0.1, 0.15) is 0 Å². The highest BCUT2D eigenvalue weighted by atomic mass is 32.2. The normalized spacial score (nSPS) is 13.4. The smallest absolute Gasteiger partial charge is 0.266 e. The molecule has 41 heavy (non-hydrogen) atoms. The summed E-state index contributed by atoms with van der Waals surface area (Å²) in [5.41, 5.74) is 0. The third-order valence-electron chi connectivity index (χ3n) is 8.31. The molecule has 2 atom stereocenters. The predicted molar refractivity (Wildman–Crippen MR) is 175 cm³/mol. The van der Waals surface area contributed by atoms with Crippen LogP contribution in [0.3, 0.4) is 0 Å². The lowest BCUT2D eigenvalue weighted by Crippen LogP contribution is -2.47. The van der Waals surface area contributed by atoms with Crippen molar-refractivity contribution in [3.8, 4) is 0 Å². The number of hydrogen-bond donors (Lipinski definition) is 3. The minimum absolute atomic E-state index is 0.245. The van der Waals surface area contributed by atoms with E-state index in [1.165, 1.54) is 128 Å². The quantitative estimate of drug-likeness (QED) is 0.0524. The first kappa shape index (κ1) is 40.3. The number of aliphatic hydroxyl groups is 1. The lowest BCUT2D eigenvalue weighted by molar-refractivity contribution is -0.122. The van der Waals surface area contributed by atoms with Crippen molar-refractivity contribution < 1.29 is 22.9 Å². The fourth-order valence-corrected chi connectivity index (χ4v) is 6.39. The van der Waals surface area contributed by atoms with Crippen LogP contribution >= 0.6 is 0 Å². The van der Waals surface area contributed by atoms with E-state index in [9.17, 15) is 22.9 Å². The summed E-state index contributed by atoms with van der Waals surface area (Å²) in [7, 11) is -4.29. The van der Waals surface area contributed by atoms with E-state index in [-0.39, 0.29) is 5.91 Å². The molecule has 0 aliphatic rings. The van der Waals surface area contributed by atoms with Crippen molar-refractivity contribution in [2.45, 2.75) is 206 Å². The van der Waals surface area contributed by atoms with Crippen LogP contribution in [-0.2, 0) is 14.9 Å². The number of carbonyl (C=O) groups is 1. The Morgan fingerprint density at radius 2 is 0.878 bits per heavy atom. The Morgan fingerprint density at radius 1 is 0.561 bits per heavy atom. The molecule has 0 saturated carbocycles. The number of carbonyl (C=O) groups excluding carboxylic acids is 1. The van der Waals surface area contributed by atoms with Crippen LogP contribution in [0, 0.1) is 0 Å². The Hall–Kier alpha value is -0.660. The lowest BCUT2D eigenvalue weighted by Gasteiger charge is -2.23. The number of unbranched alkanes of at least 4 members (excludes halogenated alkanes) is 24. The molecule has 0 heterocycles. The van der Waals surface area contributed by atoms with Gasteiger partial charge in [0, 0.05) is 6.42 Å². The summed E-state index contributed by atoms with van der Waals surface area (Å²) in [6.07, 6.45) is 32.1. The summed E-state index contributed by atoms with van der Waals surface area (Å²) in [6.45, 7) is 4.47. The topological polar surface area (TPSA) is 104 Å². The maximum absolute atomic E-state index is 12.4. The van der Waals surface area contributed by atoms with Crippen molar-refractivity contribution in [1.82, 2.24) is 5.32 Å². The molecule has 0 aliphatic carbocycles. The fourth-order valence-electron chi connectivity index (χ4n) is 5.63. The summed E-state index contributed by atoms with van der Waals surface area (Å²) >= 11 is 0. The maximum Gasteiger partial charge on any atom is 0.266 e. The molecule has 0 saturated heterocycles. The van der Waals surface area contributed by atoms with Crippen molar-refractivity contribution in [2.75, 3.05) is 5.75 Å². The standard InChI is InChI=1S/C34H69NO5S/c1-3-5-7-9-11-13-14-15-16-17-18-19-20-21-22-24-26-28-30-34(37)35-32(31-41(38,39)40)33(36)29-27-25-23-12-10-8-6-4-2/h32-33,36H,3-31H2,1-2H3,(H,35,37)(H,38,39,40). The van der Waals surface area contributed by atoms with Crippen LogP contribution in [0.4, 0.5) is 0 Å². The van der Waals surface area contributed by atoms with Crippen LogP contribution in [0.15, 0.2) is 0 Å². The molecule has 1 amide bonds. The van der Waals surface area contributed by atoms with Crippen molar-refractivity contribution in [2.24, 2.45) is 0 Å². The Morgan fingerprint density at radius 3 is 1.22 bits per heavy atom. The monoisotopic (exact) mass is 603 g/mol. The molecule has 0 aromatic heterocycles. The van der Waals surface area contributed by atoms with Crippen LogP contribution in [0.1, 0.15) is 194 Å². The highest BCUT2D eigenvalue weighted by Crippen LogP contribution is 2.16. The molecule has 3 N–H and O–H groups in total. The number of hydrogen-bond acceptors (Lipinski definition) is 4. The molecular weight excluding hydrogens is 534 g/mol. The molecule has 0 spiro atoms. The highest BCUT2D eigenvalue weighted by molar-refractivity contribution is 7.85. The van der Waals surface area contributed by atoms with E-state index in [2.05, 4.69) is 19.2 Å². The molecule has 246 valence electrons. The molecule has 0 aliphatic heterocycles. The van der Waals surface area contributed by atoms with E-state index in [1.54, 1.807) is 0 Å². The van der Waals surface area contributed by atoms with Gasteiger partial charge < -0.3 is 10.4 Å². The second-order valence-electron chi connectivity index (χ2n) is 12.5. The van der Waals surface area contributed by atoms with Gasteiger partial charge in [-0.1, -0.05) is 174 Å². The molecule has 0 aromatic rings. The largest absolute Gasteiger partial charge is 0.391 e. The van der Waals surface area contributed by atoms with Gasteiger partial charge in [0.2, 0.25) is 5.91 Å². The first-order valence-corrected chi connectivity index (χ1v) is 19.3. The van der Waals surface area contributed by atoms with Gasteiger partial charge in [0.05, 0.1) is 17.9 Å². The lowest BCUT2D eigenvalue weighted by atomic mass is 10.0. The molecular formula is C34H69NO5S. The third-order valence-corrected chi connectivity index (χ3v) is 9.09. The molecule has 6 nitrogen and oxygen atoms in total. The summed E-state index contributed by atoms with van der Waals surface area (Å²) in [5.74, 6) is -0.888. The van der Waals surface area contributed by atoms with Crippen molar-refractivity contribution in [3.63, 3.8) is 0 Å². The minimum Gasteiger partial charge on any atom is -0.391 e. The maximum atomic E-state index is 12.4. The van der Waals surface area contributed by atoms with Crippen LogP contribution in [0.5, 0.6) is 0 Å².